The first-order chi connectivity index (χ1) is 11.1. The second kappa shape index (κ2) is 7.20. The Labute approximate surface area is 154 Å². The van der Waals surface area contributed by atoms with Gasteiger partial charge in [-0.3, -0.25) is 0 Å². The predicted molar refractivity (Wildman–Crippen MR) is 97.3 cm³/mol. The summed E-state index contributed by atoms with van der Waals surface area (Å²) in [7, 11) is -4.61. The molecule has 0 aliphatic rings. The van der Waals surface area contributed by atoms with Gasteiger partial charge in [0, 0.05) is 0 Å². The van der Waals surface area contributed by atoms with Crippen molar-refractivity contribution in [2.45, 2.75) is 31.6 Å². The molecule has 0 unspecified atom stereocenters. The van der Waals surface area contributed by atoms with E-state index in [2.05, 4.69) is 22.6 Å². The molecule has 7 heteroatoms. The maximum atomic E-state index is 12.5. The fourth-order valence-corrected chi connectivity index (χ4v) is 3.67. The van der Waals surface area contributed by atoms with Gasteiger partial charge in [0.2, 0.25) is 0 Å². The lowest BCUT2D eigenvalue weighted by Crippen LogP contribution is -2.14. The van der Waals surface area contributed by atoms with E-state index in [1.165, 1.54) is 12.1 Å². The van der Waals surface area contributed by atoms with Crippen molar-refractivity contribution in [1.82, 2.24) is 0 Å². The molecule has 2 aromatic carbocycles. The molecule has 0 aliphatic carbocycles. The summed E-state index contributed by atoms with van der Waals surface area (Å²) < 4.78 is 40.5. The number of aryl methyl sites for hydroxylation is 1. The van der Waals surface area contributed by atoms with Crippen LogP contribution in [0.15, 0.2) is 41.3 Å². The van der Waals surface area contributed by atoms with E-state index in [1.807, 2.05) is 12.1 Å². The zero-order chi connectivity index (χ0) is 18.1. The highest BCUT2D eigenvalue weighted by Crippen LogP contribution is 2.28. The normalized spacial score (nSPS) is 11.6. The Hall–Kier alpha value is -1.45. The first-order valence-electron chi connectivity index (χ1n) is 7.18. The third-order valence-electron chi connectivity index (χ3n) is 3.51. The van der Waals surface area contributed by atoms with Gasteiger partial charge in [-0.1, -0.05) is 26.0 Å². The van der Waals surface area contributed by atoms with Crippen LogP contribution in [0.25, 0.3) is 0 Å². The number of esters is 1. The predicted octanol–water partition coefficient (Wildman–Crippen LogP) is 3.85. The summed E-state index contributed by atoms with van der Waals surface area (Å²) in [6.07, 6.45) is 0. The molecule has 0 radical (unpaired) electrons. The standard InChI is InChI=1S/C17H17IO5S/c1-10(2)12-9-13(11(3)8-16(12)24(20,21)22)17(19)23-15-7-5-4-6-14(15)18/h4-10H,1-3H3,(H,20,21,22)/p-1. The van der Waals surface area contributed by atoms with Crippen LogP contribution >= 0.6 is 22.6 Å². The van der Waals surface area contributed by atoms with Crippen LogP contribution in [0.4, 0.5) is 0 Å². The van der Waals surface area contributed by atoms with Gasteiger partial charge in [0.25, 0.3) is 0 Å². The number of benzene rings is 2. The van der Waals surface area contributed by atoms with E-state index in [9.17, 15) is 17.8 Å². The van der Waals surface area contributed by atoms with E-state index in [0.29, 0.717) is 16.9 Å². The maximum absolute atomic E-state index is 12.5. The molecule has 0 spiro atoms. The largest absolute Gasteiger partial charge is 0.744 e. The van der Waals surface area contributed by atoms with Crippen molar-refractivity contribution in [3.05, 3.63) is 56.7 Å². The van der Waals surface area contributed by atoms with Crippen LogP contribution in [-0.4, -0.2) is 18.9 Å². The van der Waals surface area contributed by atoms with E-state index in [4.69, 9.17) is 4.74 Å². The molecule has 0 aliphatic heterocycles. The lowest BCUT2D eigenvalue weighted by molar-refractivity contribution is 0.0732. The molecule has 0 saturated carbocycles. The van der Waals surface area contributed by atoms with Gasteiger partial charge in [0.1, 0.15) is 15.9 Å². The minimum absolute atomic E-state index is 0.229. The minimum atomic E-state index is -4.61. The molecule has 0 aromatic heterocycles. The molecular formula is C17H16IO5S-. The number of rotatable bonds is 4. The number of halogens is 1. The molecule has 2 aromatic rings. The van der Waals surface area contributed by atoms with Crippen molar-refractivity contribution in [2.24, 2.45) is 0 Å². The number of para-hydroxylation sites is 1. The lowest BCUT2D eigenvalue weighted by atomic mass is 9.97. The van der Waals surface area contributed by atoms with Gasteiger partial charge in [-0.15, -0.1) is 0 Å². The Kier molecular flexibility index (Phi) is 5.67. The topological polar surface area (TPSA) is 83.5 Å². The fourth-order valence-electron chi connectivity index (χ4n) is 2.27. The van der Waals surface area contributed by atoms with E-state index >= 15 is 0 Å². The highest BCUT2D eigenvalue weighted by atomic mass is 127. The van der Waals surface area contributed by atoms with Crippen LogP contribution in [-0.2, 0) is 10.1 Å². The summed E-state index contributed by atoms with van der Waals surface area (Å²) in [5.74, 6) is -0.393. The Morgan fingerprint density at radius 3 is 2.38 bits per heavy atom. The van der Waals surface area contributed by atoms with Crippen molar-refractivity contribution >= 4 is 38.7 Å². The number of ether oxygens (including phenoxy) is 1. The molecular weight excluding hydrogens is 443 g/mol. The van der Waals surface area contributed by atoms with Gasteiger partial charge < -0.3 is 9.29 Å². The highest BCUT2D eigenvalue weighted by molar-refractivity contribution is 14.1. The molecule has 0 saturated heterocycles. The third kappa shape index (κ3) is 4.14. The Balaban J connectivity index is 2.49. The van der Waals surface area contributed by atoms with Crippen molar-refractivity contribution in [3.63, 3.8) is 0 Å². The Bertz CT molecular complexity index is 888. The van der Waals surface area contributed by atoms with E-state index < -0.39 is 16.1 Å². The van der Waals surface area contributed by atoms with Gasteiger partial charge in [0.05, 0.1) is 14.0 Å². The second-order valence-electron chi connectivity index (χ2n) is 5.63. The molecule has 24 heavy (non-hydrogen) atoms. The average Bonchev–Trinajstić information content (AvgIpc) is 2.48. The van der Waals surface area contributed by atoms with Crippen molar-refractivity contribution in [2.75, 3.05) is 0 Å². The number of hydrogen-bond donors (Lipinski definition) is 0. The van der Waals surface area contributed by atoms with E-state index in [1.54, 1.807) is 32.9 Å². The van der Waals surface area contributed by atoms with Crippen LogP contribution in [0.3, 0.4) is 0 Å². The van der Waals surface area contributed by atoms with Crippen LogP contribution in [0, 0.1) is 10.5 Å². The minimum Gasteiger partial charge on any atom is -0.744 e. The molecule has 0 bridgehead atoms. The zero-order valence-electron chi connectivity index (χ0n) is 13.4. The highest BCUT2D eigenvalue weighted by Gasteiger charge is 2.20. The summed E-state index contributed by atoms with van der Waals surface area (Å²) in [4.78, 5) is 12.2. The smallest absolute Gasteiger partial charge is 0.343 e. The zero-order valence-corrected chi connectivity index (χ0v) is 16.3. The number of carbonyl (C=O) groups excluding carboxylic acids is 1. The SMILES string of the molecule is Cc1cc(S(=O)(=O)[O-])c(C(C)C)cc1C(=O)Oc1ccccc1I. The molecule has 0 N–H and O–H groups in total. The summed E-state index contributed by atoms with van der Waals surface area (Å²) >= 11 is 2.06. The lowest BCUT2D eigenvalue weighted by Gasteiger charge is -2.18. The van der Waals surface area contributed by atoms with Crippen LogP contribution in [0.1, 0.15) is 41.3 Å². The fraction of sp³-hybridized carbons (Fsp3) is 0.235. The van der Waals surface area contributed by atoms with Gasteiger partial charge in [-0.25, -0.2) is 13.2 Å². The third-order valence-corrected chi connectivity index (χ3v) is 5.29. The van der Waals surface area contributed by atoms with Crippen LogP contribution < -0.4 is 4.74 Å². The average molecular weight is 459 g/mol. The van der Waals surface area contributed by atoms with Gasteiger partial charge in [0.15, 0.2) is 0 Å². The van der Waals surface area contributed by atoms with Crippen molar-refractivity contribution in [3.8, 4) is 5.75 Å². The summed E-state index contributed by atoms with van der Waals surface area (Å²) in [6.45, 7) is 5.09. The van der Waals surface area contributed by atoms with Crippen molar-refractivity contribution < 1.29 is 22.5 Å². The molecule has 0 heterocycles. The van der Waals surface area contributed by atoms with Gasteiger partial charge in [-0.2, -0.15) is 0 Å². The summed E-state index contributed by atoms with van der Waals surface area (Å²) in [5, 5.41) is 0. The van der Waals surface area contributed by atoms with Crippen molar-refractivity contribution in [1.29, 1.82) is 0 Å². The summed E-state index contributed by atoms with van der Waals surface area (Å²) in [5.41, 5.74) is 0.931. The quantitative estimate of drug-likeness (QED) is 0.300. The number of carbonyl (C=O) groups is 1. The van der Waals surface area contributed by atoms with E-state index in [0.717, 1.165) is 3.57 Å². The molecule has 128 valence electrons. The molecule has 5 nitrogen and oxygen atoms in total. The molecule has 0 amide bonds. The molecule has 0 atom stereocenters. The Morgan fingerprint density at radius 1 is 1.21 bits per heavy atom. The van der Waals surface area contributed by atoms with Crippen LogP contribution in [0.5, 0.6) is 5.75 Å². The van der Waals surface area contributed by atoms with E-state index in [-0.39, 0.29) is 16.4 Å². The summed E-state index contributed by atoms with van der Waals surface area (Å²) in [6, 6.07) is 9.74. The van der Waals surface area contributed by atoms with Crippen LogP contribution in [0.2, 0.25) is 0 Å². The Morgan fingerprint density at radius 2 is 1.83 bits per heavy atom. The molecule has 2 rings (SSSR count). The second-order valence-corrected chi connectivity index (χ2v) is 8.14. The monoisotopic (exact) mass is 459 g/mol. The van der Waals surface area contributed by atoms with Gasteiger partial charge in [-0.05, 0) is 70.8 Å². The molecule has 0 fully saturated rings. The first-order valence-corrected chi connectivity index (χ1v) is 9.67. The maximum Gasteiger partial charge on any atom is 0.343 e. The van der Waals surface area contributed by atoms with Gasteiger partial charge >= 0.3 is 5.97 Å². The first kappa shape index (κ1) is 18.9. The number of hydrogen-bond acceptors (Lipinski definition) is 5.